The minimum Gasteiger partial charge on any atom is -0.496 e. The molecule has 0 unspecified atom stereocenters. The number of methoxy groups -OCH3 is 1. The van der Waals surface area contributed by atoms with Crippen LogP contribution in [0.3, 0.4) is 0 Å². The van der Waals surface area contributed by atoms with E-state index in [4.69, 9.17) is 4.74 Å². The number of benzene rings is 2. The molecule has 1 heterocycles. The van der Waals surface area contributed by atoms with E-state index in [9.17, 15) is 9.59 Å². The van der Waals surface area contributed by atoms with Gasteiger partial charge in [-0.3, -0.25) is 9.59 Å². The lowest BCUT2D eigenvalue weighted by molar-refractivity contribution is -0.142. The van der Waals surface area contributed by atoms with E-state index in [-0.39, 0.29) is 6.54 Å². The van der Waals surface area contributed by atoms with Crippen LogP contribution in [-0.4, -0.2) is 40.7 Å². The molecule has 0 saturated heterocycles. The molecule has 2 aromatic carbocycles. The summed E-state index contributed by atoms with van der Waals surface area (Å²) in [6.07, 6.45) is 1.64. The van der Waals surface area contributed by atoms with Crippen molar-refractivity contribution in [3.05, 3.63) is 71.9 Å². The highest BCUT2D eigenvalue weighted by molar-refractivity contribution is 6.39. The number of nitrogens with zero attached hydrogens (tertiary/aromatic N) is 3. The first-order valence-electron chi connectivity index (χ1n) is 8.79. The van der Waals surface area contributed by atoms with Crippen molar-refractivity contribution in [3.63, 3.8) is 0 Å². The molecule has 0 spiro atoms. The Morgan fingerprint density at radius 3 is 2.50 bits per heavy atom. The maximum absolute atomic E-state index is 12.6. The number of anilines is 1. The van der Waals surface area contributed by atoms with Crippen molar-refractivity contribution in [2.75, 3.05) is 19.5 Å². The van der Waals surface area contributed by atoms with E-state index >= 15 is 0 Å². The number of aromatic nitrogens is 2. The number of carbonyl (C=O) groups excluding carboxylic acids is 2. The Bertz CT molecular complexity index is 982. The highest BCUT2D eigenvalue weighted by atomic mass is 16.5. The molecule has 0 aliphatic heterocycles. The largest absolute Gasteiger partial charge is 0.496 e. The quantitative estimate of drug-likeness (QED) is 0.693. The van der Waals surface area contributed by atoms with Gasteiger partial charge in [-0.2, -0.15) is 5.10 Å². The Hall–Kier alpha value is -3.61. The predicted octanol–water partition coefficient (Wildman–Crippen LogP) is 2.79. The molecule has 3 aromatic rings. The second-order valence-electron chi connectivity index (χ2n) is 6.35. The standard InChI is InChI=1S/C21H22N4O3/c1-15-13-22-25(17-10-5-4-6-11-17)19(15)23-20(26)21(27)24(2)14-16-9-7-8-12-18(16)28-3/h4-13H,14H2,1-3H3,(H,23,26). The second-order valence-corrected chi connectivity index (χ2v) is 6.35. The minimum atomic E-state index is -0.724. The van der Waals surface area contributed by atoms with Gasteiger partial charge < -0.3 is 15.0 Å². The van der Waals surface area contributed by atoms with Crippen LogP contribution < -0.4 is 10.1 Å². The van der Waals surface area contributed by atoms with Crippen LogP contribution in [0.1, 0.15) is 11.1 Å². The van der Waals surface area contributed by atoms with Gasteiger partial charge in [0.2, 0.25) is 0 Å². The van der Waals surface area contributed by atoms with Crippen molar-refractivity contribution in [2.45, 2.75) is 13.5 Å². The highest BCUT2D eigenvalue weighted by Gasteiger charge is 2.22. The Kier molecular flexibility index (Phi) is 5.74. The van der Waals surface area contributed by atoms with Gasteiger partial charge >= 0.3 is 11.8 Å². The molecule has 0 radical (unpaired) electrons. The third-order valence-electron chi connectivity index (χ3n) is 4.33. The lowest BCUT2D eigenvalue weighted by Gasteiger charge is -2.18. The monoisotopic (exact) mass is 378 g/mol. The number of hydrogen-bond donors (Lipinski definition) is 1. The summed E-state index contributed by atoms with van der Waals surface area (Å²) in [6.45, 7) is 2.08. The number of ether oxygens (including phenoxy) is 1. The summed E-state index contributed by atoms with van der Waals surface area (Å²) in [5.74, 6) is -0.236. The molecule has 144 valence electrons. The Labute approximate surface area is 163 Å². The zero-order valence-electron chi connectivity index (χ0n) is 16.0. The van der Waals surface area contributed by atoms with E-state index in [2.05, 4.69) is 10.4 Å². The van der Waals surface area contributed by atoms with Gasteiger partial charge in [0.1, 0.15) is 11.6 Å². The Morgan fingerprint density at radius 1 is 1.11 bits per heavy atom. The van der Waals surface area contributed by atoms with Crippen LogP contribution in [0.15, 0.2) is 60.8 Å². The normalized spacial score (nSPS) is 10.4. The molecular weight excluding hydrogens is 356 g/mol. The molecule has 7 nitrogen and oxygen atoms in total. The van der Waals surface area contributed by atoms with Gasteiger partial charge in [0.25, 0.3) is 0 Å². The molecule has 0 fully saturated rings. The molecule has 0 aliphatic carbocycles. The topological polar surface area (TPSA) is 76.5 Å². The van der Waals surface area contributed by atoms with Gasteiger partial charge in [0, 0.05) is 24.7 Å². The van der Waals surface area contributed by atoms with Crippen molar-refractivity contribution in [1.82, 2.24) is 14.7 Å². The Balaban J connectivity index is 1.75. The lowest BCUT2D eigenvalue weighted by Crippen LogP contribution is -2.37. The first-order valence-corrected chi connectivity index (χ1v) is 8.79. The van der Waals surface area contributed by atoms with E-state index in [1.807, 2.05) is 61.5 Å². The van der Waals surface area contributed by atoms with Crippen molar-refractivity contribution in [1.29, 1.82) is 0 Å². The summed E-state index contributed by atoms with van der Waals surface area (Å²) in [5, 5.41) is 6.99. The van der Waals surface area contributed by atoms with E-state index in [1.54, 1.807) is 25.0 Å². The van der Waals surface area contributed by atoms with Crippen molar-refractivity contribution < 1.29 is 14.3 Å². The molecule has 2 amide bonds. The SMILES string of the molecule is COc1ccccc1CN(C)C(=O)C(=O)Nc1c(C)cnn1-c1ccccc1. The second kappa shape index (κ2) is 8.39. The first-order chi connectivity index (χ1) is 13.5. The minimum absolute atomic E-state index is 0.257. The van der Waals surface area contributed by atoms with Crippen molar-refractivity contribution in [3.8, 4) is 11.4 Å². The number of likely N-dealkylation sites (N-methyl/N-ethyl adjacent to an activating group) is 1. The maximum atomic E-state index is 12.6. The maximum Gasteiger partial charge on any atom is 0.315 e. The lowest BCUT2D eigenvalue weighted by atomic mass is 10.2. The molecule has 7 heteroatoms. The fraction of sp³-hybridized carbons (Fsp3) is 0.190. The van der Waals surface area contributed by atoms with Crippen LogP contribution in [0.4, 0.5) is 5.82 Å². The van der Waals surface area contributed by atoms with Crippen LogP contribution in [0.5, 0.6) is 5.75 Å². The number of amides is 2. The molecule has 1 N–H and O–H groups in total. The van der Waals surface area contributed by atoms with E-state index < -0.39 is 11.8 Å². The van der Waals surface area contributed by atoms with Crippen molar-refractivity contribution >= 4 is 17.6 Å². The van der Waals surface area contributed by atoms with Crippen molar-refractivity contribution in [2.24, 2.45) is 0 Å². The average Bonchev–Trinajstić information content (AvgIpc) is 3.08. The van der Waals surface area contributed by atoms with Gasteiger partial charge in [-0.15, -0.1) is 0 Å². The van der Waals surface area contributed by atoms with Crippen LogP contribution in [0, 0.1) is 6.92 Å². The number of hydrogen-bond acceptors (Lipinski definition) is 4. The zero-order chi connectivity index (χ0) is 20.1. The van der Waals surface area contributed by atoms with Gasteiger partial charge in [0.05, 0.1) is 19.0 Å². The van der Waals surface area contributed by atoms with Gasteiger partial charge in [-0.05, 0) is 25.1 Å². The number of carbonyl (C=O) groups is 2. The Morgan fingerprint density at radius 2 is 1.79 bits per heavy atom. The summed E-state index contributed by atoms with van der Waals surface area (Å²) >= 11 is 0. The number of nitrogens with one attached hydrogen (secondary N) is 1. The summed E-state index contributed by atoms with van der Waals surface area (Å²) in [7, 11) is 3.15. The van der Waals surface area contributed by atoms with E-state index in [1.165, 1.54) is 4.90 Å². The van der Waals surface area contributed by atoms with Gasteiger partial charge in [-0.1, -0.05) is 36.4 Å². The van der Waals surface area contributed by atoms with Gasteiger partial charge in [0.15, 0.2) is 0 Å². The molecule has 3 rings (SSSR count). The summed E-state index contributed by atoms with van der Waals surface area (Å²) in [5.41, 5.74) is 2.37. The molecule has 0 bridgehead atoms. The van der Waals surface area contributed by atoms with E-state index in [0.717, 1.165) is 16.8 Å². The number of para-hydroxylation sites is 2. The van der Waals surface area contributed by atoms with Crippen LogP contribution in [0.2, 0.25) is 0 Å². The van der Waals surface area contributed by atoms with Crippen LogP contribution in [0.25, 0.3) is 5.69 Å². The molecule has 0 aliphatic rings. The summed E-state index contributed by atoms with van der Waals surface area (Å²) < 4.78 is 6.90. The van der Waals surface area contributed by atoms with Crippen LogP contribution >= 0.6 is 0 Å². The van der Waals surface area contributed by atoms with Crippen LogP contribution in [-0.2, 0) is 16.1 Å². The fourth-order valence-electron chi connectivity index (χ4n) is 2.84. The van der Waals surface area contributed by atoms with E-state index in [0.29, 0.717) is 11.6 Å². The molecule has 0 saturated carbocycles. The molecule has 28 heavy (non-hydrogen) atoms. The number of aryl methyl sites for hydroxylation is 1. The average molecular weight is 378 g/mol. The molecule has 1 aromatic heterocycles. The fourth-order valence-corrected chi connectivity index (χ4v) is 2.84. The third-order valence-corrected chi connectivity index (χ3v) is 4.33. The smallest absolute Gasteiger partial charge is 0.315 e. The highest BCUT2D eigenvalue weighted by Crippen LogP contribution is 2.21. The summed E-state index contributed by atoms with van der Waals surface area (Å²) in [6, 6.07) is 16.8. The predicted molar refractivity (Wildman–Crippen MR) is 106 cm³/mol. The zero-order valence-corrected chi connectivity index (χ0v) is 16.0. The molecule has 0 atom stereocenters. The molecular formula is C21H22N4O3. The summed E-state index contributed by atoms with van der Waals surface area (Å²) in [4.78, 5) is 26.5. The third kappa shape index (κ3) is 4.03. The first kappa shape index (κ1) is 19.2. The number of rotatable bonds is 5. The van der Waals surface area contributed by atoms with Gasteiger partial charge in [-0.25, -0.2) is 4.68 Å².